The molecule has 7 aromatic rings. The topological polar surface area (TPSA) is 92.3 Å². The summed E-state index contributed by atoms with van der Waals surface area (Å²) in [7, 11) is 0. The van der Waals surface area contributed by atoms with Crippen LogP contribution in [-0.4, -0.2) is 23.1 Å². The largest absolute Gasteiger partial charge is 0.368 e. The molecule has 0 saturated heterocycles. The molecule has 1 aromatic carbocycles. The van der Waals surface area contributed by atoms with Gasteiger partial charge in [0.05, 0.1) is 22.5 Å². The van der Waals surface area contributed by atoms with Crippen LogP contribution in [0, 0.1) is 17.8 Å². The zero-order chi connectivity index (χ0) is 62.4. The summed E-state index contributed by atoms with van der Waals surface area (Å²) in [5.41, 5.74) is 8.01. The lowest BCUT2D eigenvalue weighted by atomic mass is 9.74. The maximum Gasteiger partial charge on any atom is 0.167 e. The molecule has 0 bridgehead atoms. The zero-order valence-corrected chi connectivity index (χ0v) is 60.2. The molecular weight excluding hydrogens is 1250 g/mol. The monoisotopic (exact) mass is 1340 g/mol. The number of carbonyl (C=O) groups is 4. The van der Waals surface area contributed by atoms with E-state index in [0.29, 0.717) is 36.8 Å². The fourth-order valence-corrected chi connectivity index (χ4v) is 23.0. The summed E-state index contributed by atoms with van der Waals surface area (Å²) in [6.07, 6.45) is 31.0. The summed E-state index contributed by atoms with van der Waals surface area (Å²) >= 11 is 15.0. The Labute approximate surface area is 563 Å². The second-order valence-corrected chi connectivity index (χ2v) is 35.8. The first-order valence-electron chi connectivity index (χ1n) is 33.3. The molecule has 2 N–H and O–H groups in total. The minimum absolute atomic E-state index is 0.0213. The summed E-state index contributed by atoms with van der Waals surface area (Å²) in [5, 5.41) is 8.20. The van der Waals surface area contributed by atoms with Crippen molar-refractivity contribution in [1.29, 1.82) is 0 Å². The van der Waals surface area contributed by atoms with E-state index in [9.17, 15) is 19.2 Å². The Morgan fingerprint density at radius 2 is 0.753 bits per heavy atom. The van der Waals surface area contributed by atoms with Crippen LogP contribution in [0.3, 0.4) is 0 Å². The minimum atomic E-state index is -0.287. The van der Waals surface area contributed by atoms with Crippen LogP contribution in [0.4, 0.5) is 11.4 Å². The predicted octanol–water partition coefficient (Wildman–Crippen LogP) is 24.9. The first-order valence-corrected chi connectivity index (χ1v) is 39.9. The van der Waals surface area contributed by atoms with Gasteiger partial charge in [0.25, 0.3) is 0 Å². The Hall–Kier alpha value is -4.12. The number of fused-ring (bicyclic) bond motifs is 2. The molecule has 11 rings (SSSR count). The third-order valence-corrected chi connectivity index (χ3v) is 28.3. The van der Waals surface area contributed by atoms with Gasteiger partial charge in [-0.05, 0) is 151 Å². The molecule has 6 aromatic heterocycles. The van der Waals surface area contributed by atoms with Crippen LogP contribution in [0.2, 0.25) is 0 Å². The van der Waals surface area contributed by atoms with Gasteiger partial charge in [-0.3, -0.25) is 19.2 Å². The van der Waals surface area contributed by atoms with Crippen molar-refractivity contribution in [2.45, 2.75) is 236 Å². The van der Waals surface area contributed by atoms with E-state index in [4.69, 9.17) is 0 Å². The molecule has 0 radical (unpaired) electrons. The number of unbranched alkanes of at least 4 members (excludes halogenated alkanes) is 15. The minimum Gasteiger partial charge on any atom is -0.368 e. The predicted molar refractivity (Wildman–Crippen MR) is 391 cm³/mol. The van der Waals surface area contributed by atoms with Crippen molar-refractivity contribution in [2.24, 2.45) is 10.8 Å². The van der Waals surface area contributed by atoms with Crippen LogP contribution < -0.4 is 10.6 Å². The van der Waals surface area contributed by atoms with E-state index in [0.717, 1.165) is 41.9 Å². The molecule has 2 aliphatic heterocycles. The van der Waals surface area contributed by atoms with Crippen molar-refractivity contribution in [3.05, 3.63) is 114 Å². The molecule has 0 amide bonds. The zero-order valence-electron chi connectivity index (χ0n) is 53.7. The van der Waals surface area contributed by atoms with Gasteiger partial charge in [-0.2, -0.15) is 0 Å². The lowest BCUT2D eigenvalue weighted by Crippen LogP contribution is -2.31. The van der Waals surface area contributed by atoms with Crippen LogP contribution in [0.5, 0.6) is 0 Å². The van der Waals surface area contributed by atoms with Gasteiger partial charge in [-0.25, -0.2) is 0 Å². The van der Waals surface area contributed by atoms with E-state index in [2.05, 4.69) is 99.0 Å². The van der Waals surface area contributed by atoms with Crippen molar-refractivity contribution in [3.63, 3.8) is 0 Å². The average molecular weight is 1340 g/mol. The summed E-state index contributed by atoms with van der Waals surface area (Å²) in [4.78, 5) is 70.9. The molecule has 2 fully saturated rings. The molecule has 2 unspecified atom stereocenters. The molecule has 2 atom stereocenters. The molecule has 2 aliphatic carbocycles. The van der Waals surface area contributed by atoms with E-state index in [1.54, 1.807) is 22.7 Å². The van der Waals surface area contributed by atoms with Crippen LogP contribution >= 0.6 is 91.5 Å². The number of ketones is 4. The van der Waals surface area contributed by atoms with Gasteiger partial charge in [-0.1, -0.05) is 168 Å². The van der Waals surface area contributed by atoms with E-state index in [1.807, 2.05) is 109 Å². The highest BCUT2D eigenvalue weighted by Crippen LogP contribution is 2.58. The molecule has 6 nitrogen and oxygen atoms in total. The first kappa shape index (κ1) is 66.3. The summed E-state index contributed by atoms with van der Waals surface area (Å²) in [6, 6.07) is 23.5. The third kappa shape index (κ3) is 16.3. The van der Waals surface area contributed by atoms with Gasteiger partial charge in [0.1, 0.15) is 10.7 Å². The van der Waals surface area contributed by atoms with Gasteiger partial charge in [-0.15, -0.1) is 68.0 Å². The molecule has 8 heterocycles. The number of thioether (sulfide) groups is 2. The lowest BCUT2D eigenvalue weighted by Gasteiger charge is -2.28. The van der Waals surface area contributed by atoms with E-state index in [-0.39, 0.29) is 44.7 Å². The number of rotatable bonds is 29. The van der Waals surface area contributed by atoms with Crippen LogP contribution in [-0.2, 0) is 38.4 Å². The summed E-state index contributed by atoms with van der Waals surface area (Å²) in [6.45, 7) is 17.2. The van der Waals surface area contributed by atoms with Gasteiger partial charge >= 0.3 is 0 Å². The molecule has 4 aliphatic rings. The Morgan fingerprint density at radius 1 is 0.416 bits per heavy atom. The smallest absolute Gasteiger partial charge is 0.167 e. The van der Waals surface area contributed by atoms with Gasteiger partial charge in [0.15, 0.2) is 23.1 Å². The standard InChI is InChI=1S/C75H90N2O4S8/c1-9-12-15-18-21-24-27-47-35-50(38-52-56(78)42-74(5,6)43-57(52)79)82-69(47)61-31-30-60(84-61)68-46(4)34-66(86-68)72-76-54-40-65-55(41-64(54)88-72)77-73(89-65)67-37-49(29-26-23-20-17-14-11-3)71(87-67)63-33-32-62(85-63)70-48(28-25-22-19-16-13-10-2)36-51(83-70)39-53-58(80)44-75(7,8)45-59(53)81/h30-41,72-73,76-77H,9-29,42-45H2,1-8H3. The Morgan fingerprint density at radius 3 is 1.16 bits per heavy atom. The SMILES string of the molecule is CCCCCCCCc1cc(C=C2C(=O)CC(C)(C)CC2=O)sc1-c1ccc(-c2sc(C3Nc4cc5c(cc4S3)NC(c3cc(CCCCCCCC)c(-c4ccc(-c6sc(C=C7C(=O)CC(C)(C)CC7=O)cc6CCCCCCCC)s4)s3)S5)cc2C)s1. The number of allylic oxidation sites excluding steroid dienone is 2. The van der Waals surface area contributed by atoms with Gasteiger partial charge < -0.3 is 10.6 Å². The number of carbonyl (C=O) groups excluding carboxylic acids is 4. The molecular formula is C75H90N2O4S8. The third-order valence-electron chi connectivity index (χ3n) is 17.9. The lowest BCUT2D eigenvalue weighted by molar-refractivity contribution is -0.128. The average Bonchev–Trinajstić information content (AvgIpc) is 1.71. The fraction of sp³-hybridized carbons (Fsp3) is 0.493. The first-order chi connectivity index (χ1) is 42.9. The Bertz CT molecular complexity index is 3670. The van der Waals surface area contributed by atoms with Gasteiger partial charge in [0, 0.05) is 94.0 Å². The molecule has 14 heteroatoms. The van der Waals surface area contributed by atoms with Crippen LogP contribution in [0.25, 0.3) is 51.2 Å². The van der Waals surface area contributed by atoms with Crippen molar-refractivity contribution in [1.82, 2.24) is 0 Å². The number of aryl methyl sites for hydroxylation is 4. The number of thiophene rings is 6. The van der Waals surface area contributed by atoms with E-state index in [1.165, 1.54) is 195 Å². The second kappa shape index (κ2) is 29.9. The fourth-order valence-electron chi connectivity index (χ4n) is 13.1. The van der Waals surface area contributed by atoms with Crippen LogP contribution in [0.1, 0.15) is 242 Å². The van der Waals surface area contributed by atoms with E-state index < -0.39 is 0 Å². The number of Topliss-reactive ketones (excluding diaryl/α,β-unsaturated/α-hetero) is 4. The highest BCUT2D eigenvalue weighted by molar-refractivity contribution is 8.00. The maximum absolute atomic E-state index is 13.4. The van der Waals surface area contributed by atoms with E-state index >= 15 is 0 Å². The molecule has 472 valence electrons. The Balaban J connectivity index is 0.793. The molecule has 0 spiro atoms. The Kier molecular flexibility index (Phi) is 22.3. The number of anilines is 2. The van der Waals surface area contributed by atoms with Gasteiger partial charge in [0.2, 0.25) is 0 Å². The summed E-state index contributed by atoms with van der Waals surface area (Å²) < 4.78 is 0. The molecule has 2 saturated carbocycles. The van der Waals surface area contributed by atoms with Crippen molar-refractivity contribution in [3.8, 4) is 39.0 Å². The molecule has 89 heavy (non-hydrogen) atoms. The van der Waals surface area contributed by atoms with Crippen LogP contribution in [0.15, 0.2) is 81.6 Å². The quantitative estimate of drug-likeness (QED) is 0.0272. The van der Waals surface area contributed by atoms with Crippen molar-refractivity contribution < 1.29 is 19.2 Å². The number of hydrogen-bond acceptors (Lipinski definition) is 14. The highest BCUT2D eigenvalue weighted by atomic mass is 32.2. The number of hydrogen-bond donors (Lipinski definition) is 2. The summed E-state index contributed by atoms with van der Waals surface area (Å²) in [5.74, 6) is -0.0948. The highest BCUT2D eigenvalue weighted by Gasteiger charge is 2.38. The normalized spacial score (nSPS) is 17.8. The number of nitrogens with one attached hydrogen (secondary N) is 2. The number of benzene rings is 1. The van der Waals surface area contributed by atoms with Crippen molar-refractivity contribution in [2.75, 3.05) is 10.6 Å². The van der Waals surface area contributed by atoms with Crippen molar-refractivity contribution >= 4 is 138 Å². The maximum atomic E-state index is 13.4. The second-order valence-electron chi connectivity index (χ2n) is 27.0.